The Bertz CT molecular complexity index is 1070. The summed E-state index contributed by atoms with van der Waals surface area (Å²) in [5, 5.41) is 12.4. The lowest BCUT2D eigenvalue weighted by atomic mass is 9.92. The molecule has 0 radical (unpaired) electrons. The molecule has 0 saturated carbocycles. The standard InChI is InChI=1S/C21H24ClF3N2O4S/c1-11(2)16-9-14(22)10-17(12(3)4)18(16)26-20(29)27-32(30,31)15-7-5-6-13(8-15)19(28)21(23,24)25/h5-12,19,28H,1-4H3,(H2,26,27,29). The molecule has 3 N–H and O–H groups in total. The maximum atomic E-state index is 12.8. The molecule has 0 aliphatic carbocycles. The molecule has 2 aromatic rings. The van der Waals surface area contributed by atoms with E-state index in [0.717, 1.165) is 18.2 Å². The van der Waals surface area contributed by atoms with Gasteiger partial charge in [0.1, 0.15) is 0 Å². The van der Waals surface area contributed by atoms with Crippen molar-refractivity contribution in [1.82, 2.24) is 4.72 Å². The lowest BCUT2D eigenvalue weighted by molar-refractivity contribution is -0.206. The zero-order valence-corrected chi connectivity index (χ0v) is 19.4. The number of amides is 2. The zero-order chi connectivity index (χ0) is 24.4. The van der Waals surface area contributed by atoms with E-state index in [0.29, 0.717) is 27.9 Å². The van der Waals surface area contributed by atoms with Gasteiger partial charge in [-0.2, -0.15) is 13.2 Å². The van der Waals surface area contributed by atoms with E-state index in [1.807, 2.05) is 27.7 Å². The van der Waals surface area contributed by atoms with Crippen molar-refractivity contribution in [1.29, 1.82) is 0 Å². The number of rotatable bonds is 6. The van der Waals surface area contributed by atoms with Gasteiger partial charge in [0.05, 0.1) is 4.90 Å². The summed E-state index contributed by atoms with van der Waals surface area (Å²) in [6, 6.07) is 5.92. The minimum Gasteiger partial charge on any atom is -0.379 e. The van der Waals surface area contributed by atoms with Crippen LogP contribution >= 0.6 is 11.6 Å². The van der Waals surface area contributed by atoms with Crippen LogP contribution in [0.15, 0.2) is 41.3 Å². The number of hydrogen-bond donors (Lipinski definition) is 3. The molecule has 2 aromatic carbocycles. The van der Waals surface area contributed by atoms with Crippen molar-refractivity contribution in [3.05, 3.63) is 58.1 Å². The Hall–Kier alpha value is -2.30. The van der Waals surface area contributed by atoms with E-state index in [4.69, 9.17) is 11.6 Å². The molecule has 0 aliphatic rings. The molecular weight excluding hydrogens is 469 g/mol. The van der Waals surface area contributed by atoms with Crippen LogP contribution in [-0.2, 0) is 10.0 Å². The van der Waals surface area contributed by atoms with Gasteiger partial charge in [-0.3, -0.25) is 0 Å². The predicted molar refractivity (Wildman–Crippen MR) is 116 cm³/mol. The highest BCUT2D eigenvalue weighted by Gasteiger charge is 2.39. The number of sulfonamides is 1. The summed E-state index contributed by atoms with van der Waals surface area (Å²) in [6.07, 6.45) is -7.83. The maximum absolute atomic E-state index is 12.8. The minimum absolute atomic E-state index is 0.0429. The molecule has 32 heavy (non-hydrogen) atoms. The van der Waals surface area contributed by atoms with Gasteiger partial charge in [-0.05, 0) is 52.8 Å². The van der Waals surface area contributed by atoms with E-state index in [1.54, 1.807) is 16.9 Å². The number of alkyl halides is 3. The third kappa shape index (κ3) is 6.14. The predicted octanol–water partition coefficient (Wildman–Crippen LogP) is 5.69. The van der Waals surface area contributed by atoms with Crippen LogP contribution in [0.1, 0.15) is 62.3 Å². The number of aliphatic hydroxyl groups is 1. The Labute approximate surface area is 189 Å². The van der Waals surface area contributed by atoms with Crippen LogP contribution in [0.3, 0.4) is 0 Å². The minimum atomic E-state index is -4.97. The average Bonchev–Trinajstić information content (AvgIpc) is 2.67. The van der Waals surface area contributed by atoms with E-state index < -0.39 is 38.8 Å². The largest absolute Gasteiger partial charge is 0.418 e. The van der Waals surface area contributed by atoms with Crippen molar-refractivity contribution >= 4 is 33.3 Å². The van der Waals surface area contributed by atoms with Crippen LogP contribution in [0.5, 0.6) is 0 Å². The maximum Gasteiger partial charge on any atom is 0.418 e. The molecular formula is C21H24ClF3N2O4S. The number of hydrogen-bond acceptors (Lipinski definition) is 4. The highest BCUT2D eigenvalue weighted by Crippen LogP contribution is 2.36. The first kappa shape index (κ1) is 26.0. The van der Waals surface area contributed by atoms with Crippen LogP contribution in [0.25, 0.3) is 0 Å². The molecule has 11 heteroatoms. The Morgan fingerprint density at radius 1 is 1.03 bits per heavy atom. The van der Waals surface area contributed by atoms with Gasteiger partial charge in [0.2, 0.25) is 0 Å². The van der Waals surface area contributed by atoms with Gasteiger partial charge >= 0.3 is 12.2 Å². The first-order chi connectivity index (χ1) is 14.6. The number of nitrogens with one attached hydrogen (secondary N) is 2. The van der Waals surface area contributed by atoms with Gasteiger partial charge in [-0.1, -0.05) is 51.4 Å². The van der Waals surface area contributed by atoms with Crippen molar-refractivity contribution < 1.29 is 31.5 Å². The summed E-state index contributed by atoms with van der Waals surface area (Å²) < 4.78 is 65.3. The van der Waals surface area contributed by atoms with Crippen molar-refractivity contribution in [2.24, 2.45) is 0 Å². The number of carbonyl (C=O) groups excluding carboxylic acids is 1. The van der Waals surface area contributed by atoms with Crippen LogP contribution in [0, 0.1) is 0 Å². The molecule has 1 unspecified atom stereocenters. The number of benzene rings is 2. The Morgan fingerprint density at radius 2 is 1.56 bits per heavy atom. The quantitative estimate of drug-likeness (QED) is 0.482. The fourth-order valence-electron chi connectivity index (χ4n) is 3.07. The molecule has 0 spiro atoms. The number of halogens is 4. The third-order valence-corrected chi connectivity index (χ3v) is 6.21. The third-order valence-electron chi connectivity index (χ3n) is 4.67. The van der Waals surface area contributed by atoms with Crippen LogP contribution in [-0.4, -0.2) is 25.7 Å². The molecule has 0 aromatic heterocycles. The monoisotopic (exact) mass is 492 g/mol. The SMILES string of the molecule is CC(C)c1cc(Cl)cc(C(C)C)c1NC(=O)NS(=O)(=O)c1cccc(C(O)C(F)(F)F)c1. The molecule has 0 heterocycles. The van der Waals surface area contributed by atoms with Crippen molar-refractivity contribution in [2.45, 2.75) is 56.7 Å². The molecule has 2 amide bonds. The zero-order valence-electron chi connectivity index (χ0n) is 17.8. The molecule has 6 nitrogen and oxygen atoms in total. The van der Waals surface area contributed by atoms with Gasteiger partial charge < -0.3 is 10.4 Å². The second kappa shape index (κ2) is 9.68. The van der Waals surface area contributed by atoms with Crippen molar-refractivity contribution in [3.8, 4) is 0 Å². The Kier molecular flexibility index (Phi) is 7.85. The highest BCUT2D eigenvalue weighted by atomic mass is 35.5. The number of aliphatic hydroxyl groups excluding tert-OH is 1. The smallest absolute Gasteiger partial charge is 0.379 e. The first-order valence-corrected chi connectivity index (χ1v) is 11.5. The van der Waals surface area contributed by atoms with Gasteiger partial charge in [0.25, 0.3) is 10.0 Å². The number of urea groups is 1. The number of anilines is 1. The van der Waals surface area contributed by atoms with E-state index in [1.165, 1.54) is 0 Å². The summed E-state index contributed by atoms with van der Waals surface area (Å²) in [5.74, 6) is -0.0858. The summed E-state index contributed by atoms with van der Waals surface area (Å²) in [5.41, 5.74) is 1.14. The molecule has 0 bridgehead atoms. The fourth-order valence-corrected chi connectivity index (χ4v) is 4.26. The van der Waals surface area contributed by atoms with Crippen LogP contribution < -0.4 is 10.0 Å². The van der Waals surface area contributed by atoms with Gasteiger partial charge in [-0.15, -0.1) is 0 Å². The summed E-state index contributed by atoms with van der Waals surface area (Å²) in [4.78, 5) is 12.0. The summed E-state index contributed by atoms with van der Waals surface area (Å²) >= 11 is 6.18. The lowest BCUT2D eigenvalue weighted by Gasteiger charge is -2.21. The molecule has 0 fully saturated rings. The van der Waals surface area contributed by atoms with Gasteiger partial charge in [0, 0.05) is 10.7 Å². The fraction of sp³-hybridized carbons (Fsp3) is 0.381. The average molecular weight is 493 g/mol. The van der Waals surface area contributed by atoms with E-state index in [2.05, 4.69) is 5.32 Å². The molecule has 2 rings (SSSR count). The van der Waals surface area contributed by atoms with Gasteiger partial charge in [0.15, 0.2) is 6.10 Å². The van der Waals surface area contributed by atoms with Crippen LogP contribution in [0.2, 0.25) is 5.02 Å². The Morgan fingerprint density at radius 3 is 2.03 bits per heavy atom. The second-order valence-electron chi connectivity index (χ2n) is 7.84. The van der Waals surface area contributed by atoms with E-state index in [-0.39, 0.29) is 11.8 Å². The van der Waals surface area contributed by atoms with Crippen LogP contribution in [0.4, 0.5) is 23.7 Å². The first-order valence-electron chi connectivity index (χ1n) is 9.65. The summed E-state index contributed by atoms with van der Waals surface area (Å²) in [7, 11) is -4.52. The highest BCUT2D eigenvalue weighted by molar-refractivity contribution is 7.90. The van der Waals surface area contributed by atoms with Crippen molar-refractivity contribution in [2.75, 3.05) is 5.32 Å². The molecule has 0 aliphatic heterocycles. The van der Waals surface area contributed by atoms with Crippen molar-refractivity contribution in [3.63, 3.8) is 0 Å². The van der Waals surface area contributed by atoms with E-state index >= 15 is 0 Å². The Balaban J connectivity index is 2.35. The van der Waals surface area contributed by atoms with E-state index in [9.17, 15) is 31.5 Å². The second-order valence-corrected chi connectivity index (χ2v) is 9.96. The molecule has 176 valence electrons. The molecule has 0 saturated heterocycles. The topological polar surface area (TPSA) is 95.5 Å². The number of carbonyl (C=O) groups is 1. The normalized spacial score (nSPS) is 13.3. The molecule has 1 atom stereocenters. The lowest BCUT2D eigenvalue weighted by Crippen LogP contribution is -2.35. The van der Waals surface area contributed by atoms with Gasteiger partial charge in [-0.25, -0.2) is 17.9 Å². The summed E-state index contributed by atoms with van der Waals surface area (Å²) in [6.45, 7) is 7.53.